The molecule has 4 heteroatoms. The molecule has 2 rings (SSSR count). The van der Waals surface area contributed by atoms with Crippen molar-refractivity contribution < 1.29 is 4.39 Å². The number of halogens is 1. The fourth-order valence-electron chi connectivity index (χ4n) is 1.91. The first-order valence-electron chi connectivity index (χ1n) is 5.25. The zero-order valence-corrected chi connectivity index (χ0v) is 9.79. The summed E-state index contributed by atoms with van der Waals surface area (Å²) in [5.74, 6) is 0.320. The van der Waals surface area contributed by atoms with Crippen LogP contribution in [0.1, 0.15) is 18.1 Å². The highest BCUT2D eigenvalue weighted by Gasteiger charge is 2.37. The molecule has 1 unspecified atom stereocenters. The summed E-state index contributed by atoms with van der Waals surface area (Å²) in [6, 6.07) is 5.29. The summed E-state index contributed by atoms with van der Waals surface area (Å²) in [5, 5.41) is 0. The molecule has 0 fully saturated rings. The maximum atomic E-state index is 13.5. The Kier molecular flexibility index (Phi) is 2.37. The minimum atomic E-state index is -0.335. The molecule has 1 aromatic rings. The fraction of sp³-hybridized carbons (Fsp3) is 0.417. The second-order valence-electron chi connectivity index (χ2n) is 4.47. The number of benzene rings is 1. The van der Waals surface area contributed by atoms with Crippen LogP contribution in [-0.4, -0.2) is 24.5 Å². The number of nitrogens with zero attached hydrogens (tertiary/aromatic N) is 2. The summed E-state index contributed by atoms with van der Waals surface area (Å²) >= 11 is 0. The van der Waals surface area contributed by atoms with E-state index in [1.54, 1.807) is 19.1 Å². The third-order valence-electron chi connectivity index (χ3n) is 3.43. The summed E-state index contributed by atoms with van der Waals surface area (Å²) in [7, 11) is 1.88. The van der Waals surface area contributed by atoms with Gasteiger partial charge in [0.15, 0.2) is 5.96 Å². The third kappa shape index (κ3) is 1.45. The molecule has 0 radical (unpaired) electrons. The molecule has 0 saturated carbocycles. The van der Waals surface area contributed by atoms with E-state index in [1.807, 2.05) is 24.9 Å². The molecule has 0 amide bonds. The lowest BCUT2D eigenvalue weighted by Gasteiger charge is -2.33. The molecule has 0 spiro atoms. The van der Waals surface area contributed by atoms with Gasteiger partial charge in [0.2, 0.25) is 0 Å². The number of aryl methyl sites for hydroxylation is 1. The van der Waals surface area contributed by atoms with E-state index >= 15 is 0 Å². The fourth-order valence-corrected chi connectivity index (χ4v) is 1.91. The van der Waals surface area contributed by atoms with Gasteiger partial charge in [-0.25, -0.2) is 4.39 Å². The van der Waals surface area contributed by atoms with Gasteiger partial charge in [-0.2, -0.15) is 0 Å². The van der Waals surface area contributed by atoms with Gasteiger partial charge in [-0.1, -0.05) is 12.1 Å². The Morgan fingerprint density at radius 1 is 1.50 bits per heavy atom. The number of hydrogen-bond acceptors (Lipinski definition) is 3. The molecule has 0 aromatic heterocycles. The SMILES string of the molecule is Cc1ccc(C2(C)CN=C(N)N2C)cc1F. The van der Waals surface area contributed by atoms with Crippen LogP contribution in [0, 0.1) is 12.7 Å². The predicted molar refractivity (Wildman–Crippen MR) is 62.7 cm³/mol. The standard InChI is InChI=1S/C12H16FN3/c1-8-4-5-9(6-10(8)13)12(2)7-15-11(14)16(12)3/h4-6H,7H2,1-3H3,(H2,14,15). The first-order chi connectivity index (χ1) is 7.45. The molecule has 1 heterocycles. The van der Waals surface area contributed by atoms with Gasteiger partial charge in [0.25, 0.3) is 0 Å². The van der Waals surface area contributed by atoms with Crippen LogP contribution in [0.3, 0.4) is 0 Å². The average Bonchev–Trinajstić information content (AvgIpc) is 2.52. The topological polar surface area (TPSA) is 41.6 Å². The molecule has 2 N–H and O–H groups in total. The number of aliphatic imine (C=N–C) groups is 1. The maximum absolute atomic E-state index is 13.5. The molecule has 0 aliphatic carbocycles. The number of likely N-dealkylation sites (N-methyl/N-ethyl adjacent to an activating group) is 1. The van der Waals surface area contributed by atoms with Gasteiger partial charge in [-0.05, 0) is 31.0 Å². The molecule has 0 bridgehead atoms. The minimum Gasteiger partial charge on any atom is -0.370 e. The van der Waals surface area contributed by atoms with Crippen LogP contribution in [0.4, 0.5) is 4.39 Å². The van der Waals surface area contributed by atoms with Crippen LogP contribution in [0.2, 0.25) is 0 Å². The predicted octanol–water partition coefficient (Wildman–Crippen LogP) is 1.61. The third-order valence-corrected chi connectivity index (χ3v) is 3.43. The van der Waals surface area contributed by atoms with E-state index in [0.717, 1.165) is 5.56 Å². The van der Waals surface area contributed by atoms with E-state index in [9.17, 15) is 4.39 Å². The lowest BCUT2D eigenvalue weighted by molar-refractivity contribution is 0.266. The van der Waals surface area contributed by atoms with Gasteiger partial charge in [-0.3, -0.25) is 4.99 Å². The van der Waals surface area contributed by atoms with Gasteiger partial charge >= 0.3 is 0 Å². The Balaban J connectivity index is 2.42. The van der Waals surface area contributed by atoms with Crippen molar-refractivity contribution in [1.82, 2.24) is 4.90 Å². The van der Waals surface area contributed by atoms with E-state index in [0.29, 0.717) is 18.1 Å². The highest BCUT2D eigenvalue weighted by atomic mass is 19.1. The average molecular weight is 221 g/mol. The number of nitrogens with two attached hydrogens (primary N) is 1. The van der Waals surface area contributed by atoms with E-state index in [-0.39, 0.29) is 11.4 Å². The number of rotatable bonds is 1. The molecule has 16 heavy (non-hydrogen) atoms. The van der Waals surface area contributed by atoms with E-state index in [1.165, 1.54) is 0 Å². The van der Waals surface area contributed by atoms with Gasteiger partial charge in [-0.15, -0.1) is 0 Å². The lowest BCUT2D eigenvalue weighted by Crippen LogP contribution is -2.44. The quantitative estimate of drug-likeness (QED) is 0.782. The highest BCUT2D eigenvalue weighted by Crippen LogP contribution is 2.31. The van der Waals surface area contributed by atoms with Crippen LogP contribution in [0.5, 0.6) is 0 Å². The molecule has 1 aromatic carbocycles. The van der Waals surface area contributed by atoms with Gasteiger partial charge in [0, 0.05) is 7.05 Å². The molecular formula is C12H16FN3. The second kappa shape index (κ2) is 3.47. The smallest absolute Gasteiger partial charge is 0.191 e. The highest BCUT2D eigenvalue weighted by molar-refractivity contribution is 5.81. The number of hydrogen-bond donors (Lipinski definition) is 1. The van der Waals surface area contributed by atoms with Crippen LogP contribution < -0.4 is 5.73 Å². The molecule has 3 nitrogen and oxygen atoms in total. The molecule has 86 valence electrons. The van der Waals surface area contributed by atoms with Crippen molar-refractivity contribution in [2.45, 2.75) is 19.4 Å². The van der Waals surface area contributed by atoms with E-state index in [4.69, 9.17) is 5.73 Å². The van der Waals surface area contributed by atoms with Crippen molar-refractivity contribution >= 4 is 5.96 Å². The molecule has 1 atom stereocenters. The first kappa shape index (κ1) is 10.9. The molecular weight excluding hydrogens is 205 g/mol. The van der Waals surface area contributed by atoms with Crippen molar-refractivity contribution in [2.24, 2.45) is 10.7 Å². The van der Waals surface area contributed by atoms with E-state index < -0.39 is 0 Å². The zero-order chi connectivity index (χ0) is 11.9. The van der Waals surface area contributed by atoms with Gasteiger partial charge in [0.05, 0.1) is 12.1 Å². The first-order valence-corrected chi connectivity index (χ1v) is 5.25. The van der Waals surface area contributed by atoms with Crippen molar-refractivity contribution in [3.05, 3.63) is 35.1 Å². The molecule has 0 saturated heterocycles. The molecule has 1 aliphatic rings. The Morgan fingerprint density at radius 2 is 2.19 bits per heavy atom. The summed E-state index contributed by atoms with van der Waals surface area (Å²) in [6.45, 7) is 4.34. The van der Waals surface area contributed by atoms with Crippen LogP contribution in [-0.2, 0) is 5.54 Å². The van der Waals surface area contributed by atoms with Crippen LogP contribution in [0.15, 0.2) is 23.2 Å². The summed E-state index contributed by atoms with van der Waals surface area (Å²) in [6.07, 6.45) is 0. The Bertz CT molecular complexity index is 456. The van der Waals surface area contributed by atoms with Gasteiger partial charge < -0.3 is 10.6 Å². The summed E-state index contributed by atoms with van der Waals surface area (Å²) in [5.41, 5.74) is 6.97. The Morgan fingerprint density at radius 3 is 2.69 bits per heavy atom. The normalized spacial score (nSPS) is 24.8. The Labute approximate surface area is 94.8 Å². The van der Waals surface area contributed by atoms with Gasteiger partial charge in [0.1, 0.15) is 5.82 Å². The van der Waals surface area contributed by atoms with Crippen molar-refractivity contribution in [1.29, 1.82) is 0 Å². The monoisotopic (exact) mass is 221 g/mol. The van der Waals surface area contributed by atoms with Crippen molar-refractivity contribution in [2.75, 3.05) is 13.6 Å². The largest absolute Gasteiger partial charge is 0.370 e. The number of guanidine groups is 1. The summed E-state index contributed by atoms with van der Waals surface area (Å²) in [4.78, 5) is 6.08. The Hall–Kier alpha value is -1.58. The van der Waals surface area contributed by atoms with Crippen LogP contribution in [0.25, 0.3) is 0 Å². The minimum absolute atomic E-state index is 0.183. The van der Waals surface area contributed by atoms with Crippen molar-refractivity contribution in [3.63, 3.8) is 0 Å². The lowest BCUT2D eigenvalue weighted by atomic mass is 9.91. The molecule has 1 aliphatic heterocycles. The van der Waals surface area contributed by atoms with Crippen molar-refractivity contribution in [3.8, 4) is 0 Å². The maximum Gasteiger partial charge on any atom is 0.191 e. The van der Waals surface area contributed by atoms with E-state index in [2.05, 4.69) is 4.99 Å². The van der Waals surface area contributed by atoms with Crippen LogP contribution >= 0.6 is 0 Å². The second-order valence-corrected chi connectivity index (χ2v) is 4.47. The summed E-state index contributed by atoms with van der Waals surface area (Å²) < 4.78 is 13.5. The zero-order valence-electron chi connectivity index (χ0n) is 9.79.